The third-order valence-corrected chi connectivity index (χ3v) is 6.44. The molecule has 0 aromatic rings. The van der Waals surface area contributed by atoms with Crippen LogP contribution in [0.15, 0.2) is 0 Å². The number of likely N-dealkylation sites (N-methyl/N-ethyl adjacent to an activating group) is 1. The Hall–Kier alpha value is -1.10. The second kappa shape index (κ2) is 22.4. The number of unbranched alkanes of at least 4 members (excludes halogenated alkanes) is 18. The number of esters is 1. The number of quaternary nitrogens is 1. The lowest BCUT2D eigenvalue weighted by molar-refractivity contribution is -0.873. The number of aliphatic carboxylic acids is 1. The highest BCUT2D eigenvalue weighted by Crippen LogP contribution is 2.15. The molecule has 0 rings (SSSR count). The number of hydrogen-bond donors (Lipinski definition) is 1. The van der Waals surface area contributed by atoms with Crippen LogP contribution < -0.4 is 0 Å². The molecule has 202 valence electrons. The Morgan fingerprint density at radius 2 is 1.00 bits per heavy atom. The van der Waals surface area contributed by atoms with Gasteiger partial charge in [-0.05, 0) is 6.42 Å². The first-order valence-electron chi connectivity index (χ1n) is 14.5. The first-order chi connectivity index (χ1) is 16.2. The van der Waals surface area contributed by atoms with Gasteiger partial charge < -0.3 is 14.3 Å². The molecule has 1 atom stereocenters. The van der Waals surface area contributed by atoms with Gasteiger partial charge in [-0.3, -0.25) is 9.59 Å². The monoisotopic (exact) mass is 484 g/mol. The van der Waals surface area contributed by atoms with E-state index in [1.54, 1.807) is 0 Å². The topological polar surface area (TPSA) is 63.6 Å². The summed E-state index contributed by atoms with van der Waals surface area (Å²) >= 11 is 0. The molecular weight excluding hydrogens is 426 g/mol. The number of carbonyl (C=O) groups is 2. The average molecular weight is 485 g/mol. The molecule has 0 amide bonds. The predicted molar refractivity (Wildman–Crippen MR) is 143 cm³/mol. The summed E-state index contributed by atoms with van der Waals surface area (Å²) in [5.74, 6) is -1.18. The smallest absolute Gasteiger partial charge is 0.307 e. The minimum atomic E-state index is -0.922. The van der Waals surface area contributed by atoms with Crippen LogP contribution in [-0.2, 0) is 14.3 Å². The van der Waals surface area contributed by atoms with Gasteiger partial charge in [0.1, 0.15) is 6.54 Å². The van der Waals surface area contributed by atoms with Crippen molar-refractivity contribution in [3.8, 4) is 0 Å². The summed E-state index contributed by atoms with van der Waals surface area (Å²) in [6, 6.07) is 0. The third kappa shape index (κ3) is 25.5. The molecular formula is C29H58NO4+. The van der Waals surface area contributed by atoms with Crippen LogP contribution in [0.2, 0.25) is 0 Å². The Bertz CT molecular complexity index is 487. The van der Waals surface area contributed by atoms with Crippen molar-refractivity contribution in [1.82, 2.24) is 0 Å². The highest BCUT2D eigenvalue weighted by Gasteiger charge is 2.24. The van der Waals surface area contributed by atoms with Crippen LogP contribution in [-0.4, -0.2) is 55.3 Å². The minimum Gasteiger partial charge on any atom is -0.481 e. The molecule has 0 aromatic heterocycles. The van der Waals surface area contributed by atoms with E-state index in [4.69, 9.17) is 9.84 Å². The number of rotatable bonds is 25. The normalized spacial score (nSPS) is 12.6. The summed E-state index contributed by atoms with van der Waals surface area (Å²) in [5.41, 5.74) is 0. The van der Waals surface area contributed by atoms with Crippen molar-refractivity contribution < 1.29 is 23.9 Å². The fraction of sp³-hybridized carbons (Fsp3) is 0.931. The second-order valence-electron chi connectivity index (χ2n) is 11.3. The Labute approximate surface area is 211 Å². The number of carboxylic acids is 1. The molecule has 0 aliphatic heterocycles. The fourth-order valence-corrected chi connectivity index (χ4v) is 4.54. The zero-order valence-electron chi connectivity index (χ0n) is 23.3. The first kappa shape index (κ1) is 32.9. The second-order valence-corrected chi connectivity index (χ2v) is 11.3. The lowest BCUT2D eigenvalue weighted by Crippen LogP contribution is -2.43. The van der Waals surface area contributed by atoms with Gasteiger partial charge >= 0.3 is 11.9 Å². The summed E-state index contributed by atoms with van der Waals surface area (Å²) in [5, 5.41) is 9.04. The number of nitrogens with zero attached hydrogens (tertiary/aromatic N) is 1. The highest BCUT2D eigenvalue weighted by molar-refractivity contribution is 5.71. The molecule has 0 unspecified atom stereocenters. The Morgan fingerprint density at radius 1 is 0.647 bits per heavy atom. The van der Waals surface area contributed by atoms with E-state index < -0.39 is 12.1 Å². The maximum atomic E-state index is 12.1. The average Bonchev–Trinajstić information content (AvgIpc) is 2.73. The molecule has 5 nitrogen and oxygen atoms in total. The van der Waals surface area contributed by atoms with Crippen molar-refractivity contribution in [2.24, 2.45) is 0 Å². The maximum Gasteiger partial charge on any atom is 0.307 e. The van der Waals surface area contributed by atoms with Crippen LogP contribution in [0.3, 0.4) is 0 Å². The van der Waals surface area contributed by atoms with Crippen molar-refractivity contribution in [3.05, 3.63) is 0 Å². The zero-order chi connectivity index (χ0) is 25.5. The standard InChI is InChI=1S/C29H57NO4/c1-5-6-7-8-9-10-11-12-13-14-15-16-17-18-19-20-21-22-23-24-29(33)34-27(25-28(31)32)26-30(2,3)4/h27H,5-26H2,1-4H3/p+1/t27-/m0/s1. The SMILES string of the molecule is CCCCCCCCCCCCCCCCCCCCCC(=O)O[C@@H](CC(=O)O)C[N+](C)(C)C. The predicted octanol–water partition coefficient (Wildman–Crippen LogP) is 7.90. The van der Waals surface area contributed by atoms with E-state index in [-0.39, 0.29) is 12.4 Å². The Balaban J connectivity index is 3.45. The van der Waals surface area contributed by atoms with Crippen LogP contribution in [0.5, 0.6) is 0 Å². The summed E-state index contributed by atoms with van der Waals surface area (Å²) < 4.78 is 6.01. The molecule has 0 aliphatic carbocycles. The van der Waals surface area contributed by atoms with Gasteiger partial charge in [0.15, 0.2) is 6.10 Å². The molecule has 0 spiro atoms. The van der Waals surface area contributed by atoms with Crippen LogP contribution >= 0.6 is 0 Å². The molecule has 0 radical (unpaired) electrons. The molecule has 5 heteroatoms. The van der Waals surface area contributed by atoms with Crippen molar-refractivity contribution in [3.63, 3.8) is 0 Å². The van der Waals surface area contributed by atoms with Crippen molar-refractivity contribution in [2.75, 3.05) is 27.7 Å². The Kier molecular flexibility index (Phi) is 21.6. The molecule has 0 aromatic carbocycles. The van der Waals surface area contributed by atoms with E-state index >= 15 is 0 Å². The van der Waals surface area contributed by atoms with Gasteiger partial charge in [-0.1, -0.05) is 122 Å². The van der Waals surface area contributed by atoms with Gasteiger partial charge in [-0.25, -0.2) is 0 Å². The van der Waals surface area contributed by atoms with Crippen LogP contribution in [0.4, 0.5) is 0 Å². The number of carboxylic acid groups (broad SMARTS) is 1. The fourth-order valence-electron chi connectivity index (χ4n) is 4.54. The van der Waals surface area contributed by atoms with E-state index in [1.165, 1.54) is 109 Å². The molecule has 0 aliphatic rings. The van der Waals surface area contributed by atoms with Crippen LogP contribution in [0.25, 0.3) is 0 Å². The number of ether oxygens (including phenoxy) is 1. The summed E-state index contributed by atoms with van der Waals surface area (Å²) in [4.78, 5) is 23.1. The molecule has 0 heterocycles. The highest BCUT2D eigenvalue weighted by atomic mass is 16.5. The Morgan fingerprint density at radius 3 is 1.32 bits per heavy atom. The zero-order valence-corrected chi connectivity index (χ0v) is 23.3. The third-order valence-electron chi connectivity index (χ3n) is 6.44. The van der Waals surface area contributed by atoms with Gasteiger partial charge in [0, 0.05) is 6.42 Å². The van der Waals surface area contributed by atoms with Gasteiger partial charge in [-0.15, -0.1) is 0 Å². The van der Waals surface area contributed by atoms with Gasteiger partial charge in [0.25, 0.3) is 0 Å². The quantitative estimate of drug-likeness (QED) is 0.0812. The van der Waals surface area contributed by atoms with Crippen LogP contribution in [0, 0.1) is 0 Å². The van der Waals surface area contributed by atoms with Gasteiger partial charge in [0.05, 0.1) is 27.6 Å². The molecule has 0 saturated heterocycles. The van der Waals surface area contributed by atoms with E-state index in [1.807, 2.05) is 21.1 Å². The minimum absolute atomic E-state index is 0.125. The molecule has 34 heavy (non-hydrogen) atoms. The molecule has 0 bridgehead atoms. The number of carbonyl (C=O) groups excluding carboxylic acids is 1. The van der Waals surface area contributed by atoms with Crippen molar-refractivity contribution in [2.45, 2.75) is 148 Å². The van der Waals surface area contributed by atoms with E-state index in [9.17, 15) is 9.59 Å². The van der Waals surface area contributed by atoms with E-state index in [0.29, 0.717) is 17.4 Å². The number of hydrogen-bond acceptors (Lipinski definition) is 3. The first-order valence-corrected chi connectivity index (χ1v) is 14.5. The molecule has 0 saturated carbocycles. The van der Waals surface area contributed by atoms with Crippen molar-refractivity contribution in [1.29, 1.82) is 0 Å². The lowest BCUT2D eigenvalue weighted by Gasteiger charge is -2.28. The van der Waals surface area contributed by atoms with E-state index in [2.05, 4.69) is 6.92 Å². The van der Waals surface area contributed by atoms with E-state index in [0.717, 1.165) is 12.8 Å². The van der Waals surface area contributed by atoms with Crippen molar-refractivity contribution >= 4 is 11.9 Å². The lowest BCUT2D eigenvalue weighted by atomic mass is 10.0. The largest absolute Gasteiger partial charge is 0.481 e. The van der Waals surface area contributed by atoms with Gasteiger partial charge in [-0.2, -0.15) is 0 Å². The summed E-state index contributed by atoms with van der Waals surface area (Å²) in [6.45, 7) is 2.79. The maximum absolute atomic E-state index is 12.1. The molecule has 1 N–H and O–H groups in total. The summed E-state index contributed by atoms with van der Waals surface area (Å²) in [7, 11) is 5.92. The summed E-state index contributed by atoms with van der Waals surface area (Å²) in [6.07, 6.45) is 25.0. The molecule has 0 fully saturated rings. The van der Waals surface area contributed by atoms with Crippen LogP contribution in [0.1, 0.15) is 142 Å². The van der Waals surface area contributed by atoms with Gasteiger partial charge in [0.2, 0.25) is 0 Å².